The van der Waals surface area contributed by atoms with Crippen molar-refractivity contribution in [2.75, 3.05) is 11.9 Å². The molecule has 22 heavy (non-hydrogen) atoms. The zero-order valence-corrected chi connectivity index (χ0v) is 12.4. The first-order chi connectivity index (χ1) is 9.94. The summed E-state index contributed by atoms with van der Waals surface area (Å²) < 4.78 is 57.2. The number of nitrogens with two attached hydrogens (primary N) is 1. The maximum atomic E-state index is 13.3. The zero-order valence-electron chi connectivity index (χ0n) is 12.4. The summed E-state index contributed by atoms with van der Waals surface area (Å²) in [5.41, 5.74) is 3.70. The van der Waals surface area contributed by atoms with Crippen LogP contribution in [0.2, 0.25) is 0 Å². The van der Waals surface area contributed by atoms with E-state index in [2.05, 4.69) is 5.32 Å². The Bertz CT molecular complexity index is 539. The largest absolute Gasteiger partial charge is 0.444 e. The molecule has 4 nitrogen and oxygen atoms in total. The van der Waals surface area contributed by atoms with Gasteiger partial charge in [0.25, 0.3) is 0 Å². The first kappa shape index (κ1) is 18.2. The Kier molecular flexibility index (Phi) is 5.39. The average Bonchev–Trinajstić information content (AvgIpc) is 2.29. The van der Waals surface area contributed by atoms with Crippen molar-refractivity contribution in [3.05, 3.63) is 29.6 Å². The third kappa shape index (κ3) is 5.18. The van der Waals surface area contributed by atoms with Crippen molar-refractivity contribution in [3.63, 3.8) is 0 Å². The molecule has 1 amide bonds. The van der Waals surface area contributed by atoms with Gasteiger partial charge in [-0.15, -0.1) is 0 Å². The molecule has 0 aliphatic heterocycles. The van der Waals surface area contributed by atoms with Gasteiger partial charge >= 0.3 is 12.3 Å². The molecule has 1 aromatic carbocycles. The van der Waals surface area contributed by atoms with Gasteiger partial charge in [-0.1, -0.05) is 0 Å². The Hall–Kier alpha value is -1.83. The third-order valence-corrected chi connectivity index (χ3v) is 2.66. The number of carbonyl (C=O) groups is 1. The van der Waals surface area contributed by atoms with Gasteiger partial charge in [-0.05, 0) is 44.5 Å². The van der Waals surface area contributed by atoms with Gasteiger partial charge in [0.1, 0.15) is 11.4 Å². The topological polar surface area (TPSA) is 64.3 Å². The third-order valence-electron chi connectivity index (χ3n) is 2.66. The first-order valence-electron chi connectivity index (χ1n) is 6.50. The van der Waals surface area contributed by atoms with Crippen molar-refractivity contribution in [1.29, 1.82) is 0 Å². The molecule has 0 saturated heterocycles. The molecule has 1 atom stereocenters. The molecule has 0 aromatic heterocycles. The minimum absolute atomic E-state index is 0.191. The van der Waals surface area contributed by atoms with E-state index in [1.165, 1.54) is 0 Å². The van der Waals surface area contributed by atoms with Gasteiger partial charge in [0.05, 0.1) is 5.92 Å². The molecule has 124 valence electrons. The van der Waals surface area contributed by atoms with Crippen LogP contribution in [0.25, 0.3) is 0 Å². The van der Waals surface area contributed by atoms with Gasteiger partial charge in [-0.25, -0.2) is 9.18 Å². The number of hydrogen-bond donors (Lipinski definition) is 2. The van der Waals surface area contributed by atoms with E-state index in [0.717, 1.165) is 12.1 Å². The maximum absolute atomic E-state index is 13.3. The smallest absolute Gasteiger partial charge is 0.412 e. The van der Waals surface area contributed by atoms with Crippen LogP contribution in [-0.2, 0) is 4.74 Å². The van der Waals surface area contributed by atoms with Crippen molar-refractivity contribution in [2.24, 2.45) is 5.73 Å². The Morgan fingerprint density at radius 2 is 1.91 bits per heavy atom. The lowest BCUT2D eigenvalue weighted by atomic mass is 9.96. The second-order valence-corrected chi connectivity index (χ2v) is 5.69. The minimum Gasteiger partial charge on any atom is -0.444 e. The van der Waals surface area contributed by atoms with Gasteiger partial charge < -0.3 is 10.5 Å². The summed E-state index contributed by atoms with van der Waals surface area (Å²) in [4.78, 5) is 11.7. The Balaban J connectivity index is 3.13. The van der Waals surface area contributed by atoms with Gasteiger partial charge in [-0.3, -0.25) is 5.32 Å². The fourth-order valence-corrected chi connectivity index (χ4v) is 1.79. The number of alkyl halides is 3. The summed E-state index contributed by atoms with van der Waals surface area (Å²) in [6.45, 7) is 4.06. The highest BCUT2D eigenvalue weighted by Crippen LogP contribution is 2.38. The van der Waals surface area contributed by atoms with E-state index in [4.69, 9.17) is 10.5 Å². The summed E-state index contributed by atoms with van der Waals surface area (Å²) in [6, 6.07) is 2.70. The van der Waals surface area contributed by atoms with Crippen molar-refractivity contribution in [1.82, 2.24) is 0 Å². The highest BCUT2D eigenvalue weighted by molar-refractivity contribution is 5.86. The second-order valence-electron chi connectivity index (χ2n) is 5.69. The van der Waals surface area contributed by atoms with Gasteiger partial charge in [0.2, 0.25) is 0 Å². The van der Waals surface area contributed by atoms with Crippen LogP contribution < -0.4 is 11.1 Å². The van der Waals surface area contributed by atoms with Crippen LogP contribution in [0.4, 0.5) is 28.0 Å². The fraction of sp³-hybridized carbons (Fsp3) is 0.500. The number of halogens is 4. The number of benzene rings is 1. The summed E-state index contributed by atoms with van der Waals surface area (Å²) in [7, 11) is 0. The molecular formula is C14H18F4N2O2. The predicted octanol–water partition coefficient (Wildman–Crippen LogP) is 3.78. The number of hydrogen-bond acceptors (Lipinski definition) is 3. The molecule has 3 N–H and O–H groups in total. The van der Waals surface area contributed by atoms with Gasteiger partial charge in [-0.2, -0.15) is 13.2 Å². The Morgan fingerprint density at radius 1 is 1.32 bits per heavy atom. The summed E-state index contributed by atoms with van der Waals surface area (Å²) in [5, 5.41) is 2.20. The quantitative estimate of drug-likeness (QED) is 0.833. The maximum Gasteiger partial charge on any atom is 0.412 e. The van der Waals surface area contributed by atoms with Crippen molar-refractivity contribution >= 4 is 11.8 Å². The molecule has 0 radical (unpaired) electrons. The molecule has 1 unspecified atom stereocenters. The van der Waals surface area contributed by atoms with Crippen LogP contribution in [0.3, 0.4) is 0 Å². The molecule has 1 rings (SSSR count). The first-order valence-corrected chi connectivity index (χ1v) is 6.50. The normalized spacial score (nSPS) is 13.6. The van der Waals surface area contributed by atoms with E-state index in [1.54, 1.807) is 20.8 Å². The monoisotopic (exact) mass is 322 g/mol. The Labute approximate surface area is 125 Å². The summed E-state index contributed by atoms with van der Waals surface area (Å²) >= 11 is 0. The molecular weight excluding hydrogens is 304 g/mol. The van der Waals surface area contributed by atoms with Crippen LogP contribution >= 0.6 is 0 Å². The molecule has 0 heterocycles. The second kappa shape index (κ2) is 6.51. The molecule has 0 fully saturated rings. The number of anilines is 1. The van der Waals surface area contributed by atoms with E-state index in [1.807, 2.05) is 0 Å². The van der Waals surface area contributed by atoms with Crippen LogP contribution in [0.15, 0.2) is 18.2 Å². The van der Waals surface area contributed by atoms with Crippen LogP contribution in [-0.4, -0.2) is 24.4 Å². The average molecular weight is 322 g/mol. The van der Waals surface area contributed by atoms with Crippen LogP contribution in [0.1, 0.15) is 32.3 Å². The number of carbonyl (C=O) groups excluding carboxylic acids is 1. The van der Waals surface area contributed by atoms with E-state index in [-0.39, 0.29) is 5.69 Å². The highest BCUT2D eigenvalue weighted by Gasteiger charge is 2.41. The number of ether oxygens (including phenoxy) is 1. The highest BCUT2D eigenvalue weighted by atomic mass is 19.4. The van der Waals surface area contributed by atoms with E-state index >= 15 is 0 Å². The zero-order chi connectivity index (χ0) is 17.1. The molecule has 1 aromatic rings. The lowest BCUT2D eigenvalue weighted by Crippen LogP contribution is -2.31. The molecule has 0 aliphatic rings. The van der Waals surface area contributed by atoms with Crippen LogP contribution in [0, 0.1) is 5.82 Å². The number of nitrogens with one attached hydrogen (secondary N) is 1. The standard InChI is InChI=1S/C14H18F4N2O2/c1-13(2,3)22-12(21)20-11-5-4-8(15)6-9(11)10(7-19)14(16,17)18/h4-6,10H,7,19H2,1-3H3,(H,20,21). The molecule has 0 aliphatic carbocycles. The van der Waals surface area contributed by atoms with E-state index < -0.39 is 41.7 Å². The number of rotatable bonds is 3. The Morgan fingerprint density at radius 3 is 2.36 bits per heavy atom. The molecule has 0 spiro atoms. The van der Waals surface area contributed by atoms with Crippen molar-refractivity contribution in [3.8, 4) is 0 Å². The molecule has 0 bridgehead atoms. The fourth-order valence-electron chi connectivity index (χ4n) is 1.79. The molecule has 8 heteroatoms. The van der Waals surface area contributed by atoms with Crippen LogP contribution in [0.5, 0.6) is 0 Å². The van der Waals surface area contributed by atoms with E-state index in [9.17, 15) is 22.4 Å². The SMILES string of the molecule is CC(C)(C)OC(=O)Nc1ccc(F)cc1C(CN)C(F)(F)F. The van der Waals surface area contributed by atoms with Gasteiger partial charge in [0.15, 0.2) is 0 Å². The lowest BCUT2D eigenvalue weighted by Gasteiger charge is -2.24. The molecule has 0 saturated carbocycles. The predicted molar refractivity (Wildman–Crippen MR) is 74.1 cm³/mol. The number of amides is 1. The van der Waals surface area contributed by atoms with Gasteiger partial charge in [0, 0.05) is 12.2 Å². The summed E-state index contributed by atoms with van der Waals surface area (Å²) in [5.74, 6) is -2.94. The van der Waals surface area contributed by atoms with Crippen molar-refractivity contribution in [2.45, 2.75) is 38.5 Å². The van der Waals surface area contributed by atoms with E-state index in [0.29, 0.717) is 6.07 Å². The van der Waals surface area contributed by atoms with Crippen molar-refractivity contribution < 1.29 is 27.1 Å². The lowest BCUT2D eigenvalue weighted by molar-refractivity contribution is -0.148. The summed E-state index contributed by atoms with van der Waals surface area (Å²) in [6.07, 6.45) is -5.59. The minimum atomic E-state index is -4.66.